The molecule has 8 aromatic rings. The number of pyridine rings is 2. The van der Waals surface area contributed by atoms with E-state index in [-0.39, 0.29) is 24.3 Å². The predicted octanol–water partition coefficient (Wildman–Crippen LogP) is 8.25. The Morgan fingerprint density at radius 3 is 1.69 bits per heavy atom. The Morgan fingerprint density at radius 2 is 1.13 bits per heavy atom. The van der Waals surface area contributed by atoms with Gasteiger partial charge in [0.2, 0.25) is 0 Å². The number of methoxy groups -OCH3 is 2. The number of benzene rings is 4. The van der Waals surface area contributed by atoms with Crippen LogP contribution in [0.25, 0.3) is 66.4 Å². The van der Waals surface area contributed by atoms with Gasteiger partial charge in [0.1, 0.15) is 33.8 Å². The van der Waals surface area contributed by atoms with Gasteiger partial charge in [0, 0.05) is 21.9 Å². The number of rotatable bonds is 8. The molecular formula is C42H34N2O10. The smallest absolute Gasteiger partial charge is 0.344 e. The minimum atomic E-state index is -0.706. The molecular weight excluding hydrogens is 692 g/mol. The third-order valence-corrected chi connectivity index (χ3v) is 8.77. The molecule has 0 aliphatic carbocycles. The number of esters is 2. The van der Waals surface area contributed by atoms with E-state index in [0.717, 1.165) is 10.8 Å². The third-order valence-electron chi connectivity index (χ3n) is 8.77. The van der Waals surface area contributed by atoms with Gasteiger partial charge in [-0.05, 0) is 61.9 Å². The van der Waals surface area contributed by atoms with Crippen molar-refractivity contribution in [3.63, 3.8) is 0 Å². The first kappa shape index (κ1) is 35.3. The standard InChI is InChI=1S/2C21H17NO5/c1-3-26-21(24)17-16(12-8-4-6-10-14(12)25-2)19-18(22-20(17)23)13-9-5-7-11-15(13)27-19;1-3-26-21(24)17-16(12-7-6-8-13(11-12)25-2)19-18(22-20(17)23)14-9-4-5-10-15(14)27-19/h2*4-11H,3H2,1-2H3,(H,22,23). The van der Waals surface area contributed by atoms with Crippen molar-refractivity contribution in [2.24, 2.45) is 0 Å². The first-order valence-electron chi connectivity index (χ1n) is 17.1. The molecule has 0 amide bonds. The molecule has 0 radical (unpaired) electrons. The molecule has 0 saturated heterocycles. The van der Waals surface area contributed by atoms with Crippen LogP contribution in [0.2, 0.25) is 0 Å². The van der Waals surface area contributed by atoms with Crippen LogP contribution in [0.15, 0.2) is 115 Å². The number of H-pyrrole nitrogens is 2. The molecule has 0 bridgehead atoms. The number of fused-ring (bicyclic) bond motifs is 6. The lowest BCUT2D eigenvalue weighted by Gasteiger charge is -2.12. The average Bonchev–Trinajstić information content (AvgIpc) is 3.75. The molecule has 4 heterocycles. The van der Waals surface area contributed by atoms with Gasteiger partial charge >= 0.3 is 11.9 Å². The van der Waals surface area contributed by atoms with Gasteiger partial charge in [-0.1, -0.05) is 54.6 Å². The maximum Gasteiger partial charge on any atom is 0.344 e. The number of aromatic nitrogens is 2. The Labute approximate surface area is 306 Å². The highest BCUT2D eigenvalue weighted by atomic mass is 16.5. The summed E-state index contributed by atoms with van der Waals surface area (Å²) in [7, 11) is 3.09. The summed E-state index contributed by atoms with van der Waals surface area (Å²) in [5, 5.41) is 1.53. The van der Waals surface area contributed by atoms with Gasteiger partial charge in [0.25, 0.3) is 11.1 Å². The van der Waals surface area contributed by atoms with Crippen molar-refractivity contribution in [3.05, 3.63) is 129 Å². The van der Waals surface area contributed by atoms with Crippen LogP contribution in [0, 0.1) is 0 Å². The number of carbonyl (C=O) groups is 2. The summed E-state index contributed by atoms with van der Waals surface area (Å²) in [6.07, 6.45) is 0. The fourth-order valence-corrected chi connectivity index (χ4v) is 6.46. The molecule has 0 fully saturated rings. The molecule has 54 heavy (non-hydrogen) atoms. The Bertz CT molecular complexity index is 2820. The Kier molecular flexibility index (Phi) is 9.73. The van der Waals surface area contributed by atoms with E-state index in [4.69, 9.17) is 27.8 Å². The van der Waals surface area contributed by atoms with Gasteiger partial charge in [-0.2, -0.15) is 0 Å². The maximum absolute atomic E-state index is 12.8. The topological polar surface area (TPSA) is 163 Å². The van der Waals surface area contributed by atoms with Crippen LogP contribution in [-0.4, -0.2) is 49.3 Å². The number of ether oxygens (including phenoxy) is 4. The summed E-state index contributed by atoms with van der Waals surface area (Å²) < 4.78 is 33.0. The predicted molar refractivity (Wildman–Crippen MR) is 205 cm³/mol. The van der Waals surface area contributed by atoms with E-state index in [1.165, 1.54) is 7.11 Å². The zero-order valence-corrected chi connectivity index (χ0v) is 29.7. The first-order chi connectivity index (χ1) is 26.3. The van der Waals surface area contributed by atoms with Crippen LogP contribution in [0.1, 0.15) is 34.6 Å². The molecule has 0 aliphatic rings. The fraction of sp³-hybridized carbons (Fsp3) is 0.143. The van der Waals surface area contributed by atoms with Crippen LogP contribution in [0.3, 0.4) is 0 Å². The van der Waals surface area contributed by atoms with Gasteiger partial charge < -0.3 is 37.7 Å². The number of carbonyl (C=O) groups excluding carboxylic acids is 2. The van der Waals surface area contributed by atoms with E-state index >= 15 is 0 Å². The summed E-state index contributed by atoms with van der Waals surface area (Å²) in [5.41, 5.74) is 3.85. The Balaban J connectivity index is 0.000000167. The summed E-state index contributed by atoms with van der Waals surface area (Å²) in [6, 6.07) is 29.0. The largest absolute Gasteiger partial charge is 0.497 e. The van der Waals surface area contributed by atoms with Crippen molar-refractivity contribution >= 4 is 56.1 Å². The van der Waals surface area contributed by atoms with Crippen molar-refractivity contribution in [1.29, 1.82) is 0 Å². The second-order valence-corrected chi connectivity index (χ2v) is 11.9. The summed E-state index contributed by atoms with van der Waals surface area (Å²) in [5.74, 6) is -0.275. The van der Waals surface area contributed by atoms with Crippen molar-refractivity contribution in [2.45, 2.75) is 13.8 Å². The molecule has 0 aliphatic heterocycles. The highest BCUT2D eigenvalue weighted by Crippen LogP contribution is 2.40. The molecule has 0 saturated carbocycles. The van der Waals surface area contributed by atoms with Gasteiger partial charge in [-0.15, -0.1) is 0 Å². The number of para-hydroxylation sites is 3. The van der Waals surface area contributed by atoms with E-state index in [1.807, 2.05) is 60.7 Å². The molecule has 4 aromatic heterocycles. The minimum absolute atomic E-state index is 0.0864. The average molecular weight is 727 g/mol. The van der Waals surface area contributed by atoms with E-state index in [0.29, 0.717) is 67.1 Å². The van der Waals surface area contributed by atoms with Crippen LogP contribution in [-0.2, 0) is 9.47 Å². The molecule has 12 heteroatoms. The molecule has 0 atom stereocenters. The molecule has 2 N–H and O–H groups in total. The van der Waals surface area contributed by atoms with Crippen molar-refractivity contribution < 1.29 is 37.4 Å². The summed E-state index contributed by atoms with van der Waals surface area (Å²) in [4.78, 5) is 56.4. The summed E-state index contributed by atoms with van der Waals surface area (Å²) >= 11 is 0. The maximum atomic E-state index is 12.8. The monoisotopic (exact) mass is 726 g/mol. The molecule has 12 nitrogen and oxygen atoms in total. The second kappa shape index (κ2) is 14.9. The SMILES string of the molecule is CCOC(=O)c1c(-c2cccc(OC)c2)c2oc3ccccc3c2[nH]c1=O.CCOC(=O)c1c(-c2ccccc2OC)c2oc3ccccc3c2[nH]c1=O. The summed E-state index contributed by atoms with van der Waals surface area (Å²) in [6.45, 7) is 3.70. The molecule has 8 rings (SSSR count). The van der Waals surface area contributed by atoms with Gasteiger partial charge in [-0.25, -0.2) is 9.59 Å². The van der Waals surface area contributed by atoms with Crippen molar-refractivity contribution in [1.82, 2.24) is 9.97 Å². The Morgan fingerprint density at radius 1 is 0.611 bits per heavy atom. The highest BCUT2D eigenvalue weighted by molar-refractivity contribution is 6.13. The van der Waals surface area contributed by atoms with E-state index in [1.54, 1.807) is 57.4 Å². The lowest BCUT2D eigenvalue weighted by molar-refractivity contribution is 0.0515. The van der Waals surface area contributed by atoms with Crippen molar-refractivity contribution in [3.8, 4) is 33.8 Å². The molecule has 0 unspecified atom stereocenters. The number of hydrogen-bond donors (Lipinski definition) is 2. The van der Waals surface area contributed by atoms with Crippen LogP contribution in [0.4, 0.5) is 0 Å². The molecule has 0 spiro atoms. The minimum Gasteiger partial charge on any atom is -0.497 e. The fourth-order valence-electron chi connectivity index (χ4n) is 6.46. The van der Waals surface area contributed by atoms with E-state index < -0.39 is 23.1 Å². The highest BCUT2D eigenvalue weighted by Gasteiger charge is 2.28. The van der Waals surface area contributed by atoms with E-state index in [9.17, 15) is 19.2 Å². The second-order valence-electron chi connectivity index (χ2n) is 11.9. The normalized spacial score (nSPS) is 11.0. The lowest BCUT2D eigenvalue weighted by Crippen LogP contribution is -2.21. The van der Waals surface area contributed by atoms with Gasteiger partial charge in [0.05, 0.1) is 44.0 Å². The zero-order chi connectivity index (χ0) is 37.9. The van der Waals surface area contributed by atoms with Crippen LogP contribution >= 0.6 is 0 Å². The zero-order valence-electron chi connectivity index (χ0n) is 29.7. The quantitative estimate of drug-likeness (QED) is 0.146. The number of aromatic amines is 2. The van der Waals surface area contributed by atoms with Gasteiger partial charge in [0.15, 0.2) is 11.2 Å². The lowest BCUT2D eigenvalue weighted by atomic mass is 9.98. The van der Waals surface area contributed by atoms with Crippen molar-refractivity contribution in [2.75, 3.05) is 27.4 Å². The van der Waals surface area contributed by atoms with Crippen LogP contribution in [0.5, 0.6) is 11.5 Å². The Hall–Kier alpha value is -7.08. The number of hydrogen-bond acceptors (Lipinski definition) is 10. The molecule has 4 aromatic carbocycles. The van der Waals surface area contributed by atoms with Gasteiger partial charge in [-0.3, -0.25) is 9.59 Å². The van der Waals surface area contributed by atoms with E-state index in [2.05, 4.69) is 9.97 Å². The third kappa shape index (κ3) is 6.23. The number of nitrogens with one attached hydrogen (secondary N) is 2. The molecule has 272 valence electrons. The van der Waals surface area contributed by atoms with Crippen LogP contribution < -0.4 is 20.6 Å². The first-order valence-corrected chi connectivity index (χ1v) is 17.1. The number of furan rings is 2.